The van der Waals surface area contributed by atoms with Crippen LogP contribution in [0.15, 0.2) is 0 Å². The molecule has 0 aromatic carbocycles. The monoisotopic (exact) mass is 331 g/mol. The number of ether oxygens (including phenoxy) is 1. The van der Waals surface area contributed by atoms with Crippen molar-refractivity contribution in [1.82, 2.24) is 9.97 Å². The summed E-state index contributed by atoms with van der Waals surface area (Å²) in [7, 11) is -3.30. The first kappa shape index (κ1) is 15.0. The van der Waals surface area contributed by atoms with Crippen molar-refractivity contribution in [2.45, 2.75) is 37.3 Å². The molecule has 6 nitrogen and oxygen atoms in total. The molecule has 0 N–H and O–H groups in total. The van der Waals surface area contributed by atoms with Crippen molar-refractivity contribution in [3.05, 3.63) is 16.5 Å². The summed E-state index contributed by atoms with van der Waals surface area (Å²) in [5.41, 5.74) is 1.20. The minimum absolute atomic E-state index is 0.0358. The third kappa shape index (κ3) is 2.22. The number of hydrogen-bond donors (Lipinski definition) is 0. The van der Waals surface area contributed by atoms with E-state index in [1.165, 1.54) is 0 Å². The smallest absolute Gasteiger partial charge is 0.224 e. The first-order valence-electron chi connectivity index (χ1n) is 6.87. The second-order valence-electron chi connectivity index (χ2n) is 6.03. The fourth-order valence-corrected chi connectivity index (χ4v) is 4.51. The highest BCUT2D eigenvalue weighted by Gasteiger charge is 2.48. The number of morpholine rings is 1. The summed E-state index contributed by atoms with van der Waals surface area (Å²) < 4.78 is 29.2. The molecule has 1 aromatic rings. The van der Waals surface area contributed by atoms with Gasteiger partial charge in [0, 0.05) is 12.1 Å². The van der Waals surface area contributed by atoms with Crippen LogP contribution >= 0.6 is 11.6 Å². The van der Waals surface area contributed by atoms with E-state index in [0.29, 0.717) is 36.8 Å². The zero-order chi connectivity index (χ0) is 15.4. The maximum atomic E-state index is 12.4. The number of aromatic nitrogens is 2. The molecule has 0 amide bonds. The van der Waals surface area contributed by atoms with Gasteiger partial charge in [0.15, 0.2) is 9.84 Å². The number of halogens is 1. The molecular weight excluding hydrogens is 314 g/mol. The largest absolute Gasteiger partial charge is 0.377 e. The van der Waals surface area contributed by atoms with Gasteiger partial charge in [0.05, 0.1) is 30.7 Å². The van der Waals surface area contributed by atoms with E-state index in [2.05, 4.69) is 14.9 Å². The summed E-state index contributed by atoms with van der Waals surface area (Å²) in [5.74, 6) is 0.598. The second kappa shape index (κ2) is 4.79. The molecule has 3 rings (SSSR count). The molecule has 1 saturated heterocycles. The van der Waals surface area contributed by atoms with Gasteiger partial charge >= 0.3 is 0 Å². The molecule has 1 atom stereocenters. The van der Waals surface area contributed by atoms with E-state index in [1.807, 2.05) is 6.92 Å². The van der Waals surface area contributed by atoms with Gasteiger partial charge in [0.1, 0.15) is 10.6 Å². The zero-order valence-electron chi connectivity index (χ0n) is 12.3. The Balaban J connectivity index is 2.18. The van der Waals surface area contributed by atoms with Crippen LogP contribution in [-0.2, 0) is 25.1 Å². The van der Waals surface area contributed by atoms with Gasteiger partial charge in [-0.3, -0.25) is 0 Å². The molecule has 0 spiro atoms. The minimum Gasteiger partial charge on any atom is -0.377 e. The van der Waals surface area contributed by atoms with Gasteiger partial charge < -0.3 is 9.64 Å². The van der Waals surface area contributed by atoms with Crippen molar-refractivity contribution in [2.24, 2.45) is 0 Å². The fourth-order valence-electron chi connectivity index (χ4n) is 2.87. The Kier molecular flexibility index (Phi) is 3.42. The van der Waals surface area contributed by atoms with E-state index in [4.69, 9.17) is 16.3 Å². The third-order valence-corrected chi connectivity index (χ3v) is 6.87. The first-order chi connectivity index (χ1) is 9.74. The van der Waals surface area contributed by atoms with Crippen molar-refractivity contribution in [3.8, 4) is 0 Å². The van der Waals surface area contributed by atoms with Crippen molar-refractivity contribution in [2.75, 3.05) is 24.7 Å². The molecular formula is C13H18ClN3O3S. The van der Waals surface area contributed by atoms with E-state index < -0.39 is 14.6 Å². The quantitative estimate of drug-likeness (QED) is 0.726. The van der Waals surface area contributed by atoms with Gasteiger partial charge in [-0.05, 0) is 32.4 Å². The average Bonchev–Trinajstić information content (AvgIpc) is 2.57. The zero-order valence-corrected chi connectivity index (χ0v) is 13.8. The maximum Gasteiger partial charge on any atom is 0.224 e. The molecule has 21 heavy (non-hydrogen) atoms. The highest BCUT2D eigenvalue weighted by molar-refractivity contribution is 7.91. The Morgan fingerprint density at radius 3 is 2.76 bits per heavy atom. The topological polar surface area (TPSA) is 72.4 Å². The molecule has 116 valence electrons. The number of sulfone groups is 1. The summed E-state index contributed by atoms with van der Waals surface area (Å²) >= 11 is 6.04. The third-order valence-electron chi connectivity index (χ3n) is 4.28. The van der Waals surface area contributed by atoms with Crippen LogP contribution in [-0.4, -0.2) is 44.2 Å². The molecule has 2 aliphatic heterocycles. The highest BCUT2D eigenvalue weighted by atomic mass is 35.5. The Morgan fingerprint density at radius 2 is 2.10 bits per heavy atom. The van der Waals surface area contributed by atoms with Crippen molar-refractivity contribution >= 4 is 27.3 Å². The molecule has 0 radical (unpaired) electrons. The fraction of sp³-hybridized carbons (Fsp3) is 0.692. The SMILES string of the molecule is C[C@@H]1COCCN1c1nc(Cl)nc2c1CS(=O)(=O)C2(C)C. The molecule has 1 aromatic heterocycles. The van der Waals surface area contributed by atoms with Crippen LogP contribution < -0.4 is 4.90 Å². The number of rotatable bonds is 1. The van der Waals surface area contributed by atoms with Crippen molar-refractivity contribution in [1.29, 1.82) is 0 Å². The van der Waals surface area contributed by atoms with Crippen LogP contribution in [0.2, 0.25) is 5.28 Å². The van der Waals surface area contributed by atoms with Crippen LogP contribution in [0.5, 0.6) is 0 Å². The van der Waals surface area contributed by atoms with E-state index in [-0.39, 0.29) is 17.1 Å². The molecule has 1 fully saturated rings. The maximum absolute atomic E-state index is 12.4. The summed E-state index contributed by atoms with van der Waals surface area (Å²) in [6.45, 7) is 7.22. The van der Waals surface area contributed by atoms with Crippen molar-refractivity contribution < 1.29 is 13.2 Å². The van der Waals surface area contributed by atoms with Gasteiger partial charge in [0.2, 0.25) is 5.28 Å². The van der Waals surface area contributed by atoms with Gasteiger partial charge in [-0.1, -0.05) is 0 Å². The van der Waals surface area contributed by atoms with E-state index >= 15 is 0 Å². The summed E-state index contributed by atoms with van der Waals surface area (Å²) in [4.78, 5) is 10.6. The van der Waals surface area contributed by atoms with Crippen LogP contribution in [0.3, 0.4) is 0 Å². The van der Waals surface area contributed by atoms with E-state index in [9.17, 15) is 8.42 Å². The number of nitrogens with zero attached hydrogens (tertiary/aromatic N) is 3. The molecule has 3 heterocycles. The first-order valence-corrected chi connectivity index (χ1v) is 8.90. The normalized spacial score (nSPS) is 26.7. The Bertz CT molecular complexity index is 690. The summed E-state index contributed by atoms with van der Waals surface area (Å²) in [6.07, 6.45) is 0. The van der Waals surface area contributed by atoms with Gasteiger partial charge in [-0.2, -0.15) is 0 Å². The van der Waals surface area contributed by atoms with Crippen LogP contribution in [0.4, 0.5) is 5.82 Å². The molecule has 2 aliphatic rings. The molecule has 0 aliphatic carbocycles. The number of fused-ring (bicyclic) bond motifs is 1. The predicted octanol–water partition coefficient (Wildman–Crippen LogP) is 1.52. The van der Waals surface area contributed by atoms with Gasteiger partial charge in [-0.15, -0.1) is 0 Å². The lowest BCUT2D eigenvalue weighted by molar-refractivity contribution is 0.0984. The molecule has 8 heteroatoms. The predicted molar refractivity (Wildman–Crippen MR) is 80.3 cm³/mol. The standard InChI is InChI=1S/C13H18ClN3O3S/c1-8-6-20-5-4-17(8)11-9-7-21(18,19)13(2,3)10(9)15-12(14)16-11/h8H,4-7H2,1-3H3/t8-/m1/s1. The molecule has 0 saturated carbocycles. The lowest BCUT2D eigenvalue weighted by atomic mass is 10.0. The summed E-state index contributed by atoms with van der Waals surface area (Å²) in [5, 5.41) is 0.0904. The van der Waals surface area contributed by atoms with Gasteiger partial charge in [0.25, 0.3) is 0 Å². The lowest BCUT2D eigenvalue weighted by Gasteiger charge is -2.35. The molecule has 0 bridgehead atoms. The van der Waals surface area contributed by atoms with Crippen LogP contribution in [0.25, 0.3) is 0 Å². The average molecular weight is 332 g/mol. The summed E-state index contributed by atoms with van der Waals surface area (Å²) in [6, 6.07) is 0.125. The van der Waals surface area contributed by atoms with Gasteiger partial charge in [-0.25, -0.2) is 18.4 Å². The van der Waals surface area contributed by atoms with E-state index in [0.717, 1.165) is 0 Å². The Morgan fingerprint density at radius 1 is 1.38 bits per heavy atom. The molecule has 0 unspecified atom stereocenters. The lowest BCUT2D eigenvalue weighted by Crippen LogP contribution is -2.44. The Labute approximate surface area is 129 Å². The Hall–Kier alpha value is -0.920. The number of hydrogen-bond acceptors (Lipinski definition) is 6. The number of anilines is 1. The van der Waals surface area contributed by atoms with Crippen LogP contribution in [0, 0.1) is 0 Å². The second-order valence-corrected chi connectivity index (χ2v) is 8.91. The van der Waals surface area contributed by atoms with Crippen molar-refractivity contribution in [3.63, 3.8) is 0 Å². The van der Waals surface area contributed by atoms with Crippen LogP contribution in [0.1, 0.15) is 32.0 Å². The minimum atomic E-state index is -3.30. The van der Waals surface area contributed by atoms with E-state index in [1.54, 1.807) is 13.8 Å². The highest BCUT2D eigenvalue weighted by Crippen LogP contribution is 2.44.